The average Bonchev–Trinajstić information content (AvgIpc) is 2.53. The number of nitrogens with one attached hydrogen (secondary N) is 2. The Bertz CT molecular complexity index is 614. The van der Waals surface area contributed by atoms with Gasteiger partial charge in [-0.05, 0) is 51.5 Å². The van der Waals surface area contributed by atoms with Crippen LogP contribution in [-0.2, 0) is 19.6 Å². The first-order chi connectivity index (χ1) is 11.3. The summed E-state index contributed by atoms with van der Waals surface area (Å²) in [5, 5.41) is 2.68. The summed E-state index contributed by atoms with van der Waals surface area (Å²) in [6.07, 6.45) is 0.818. The molecule has 0 unspecified atom stereocenters. The van der Waals surface area contributed by atoms with Gasteiger partial charge in [-0.15, -0.1) is 0 Å². The smallest absolute Gasteiger partial charge is 0.241 e. The van der Waals surface area contributed by atoms with E-state index in [1.807, 2.05) is 13.8 Å². The highest BCUT2D eigenvalue weighted by Crippen LogP contribution is 2.15. The normalized spacial score (nSPS) is 12.9. The molecule has 0 saturated heterocycles. The zero-order chi connectivity index (χ0) is 18.2. The largest absolute Gasteiger partial charge is 0.497 e. The second-order valence-corrected chi connectivity index (χ2v) is 7.30. The van der Waals surface area contributed by atoms with Crippen LogP contribution in [0.25, 0.3) is 0 Å². The fraction of sp³-hybridized carbons (Fsp3) is 0.562. The molecule has 0 radical (unpaired) electrons. The maximum absolute atomic E-state index is 12.2. The molecule has 24 heavy (non-hydrogen) atoms. The molecule has 1 aromatic rings. The molecule has 0 saturated carbocycles. The van der Waals surface area contributed by atoms with Gasteiger partial charge in [0.2, 0.25) is 15.9 Å². The maximum Gasteiger partial charge on any atom is 0.241 e. The summed E-state index contributed by atoms with van der Waals surface area (Å²) in [6.45, 7) is 6.36. The Morgan fingerprint density at radius 3 is 2.33 bits per heavy atom. The van der Waals surface area contributed by atoms with Crippen LogP contribution in [0.1, 0.15) is 27.2 Å². The molecular formula is C16H26N2O5S. The van der Waals surface area contributed by atoms with Gasteiger partial charge >= 0.3 is 0 Å². The SMILES string of the molecule is COc1ccc(S(=O)(=O)N[C@@H](C)C(=O)NCCCOC(C)C)cc1. The highest BCUT2D eigenvalue weighted by molar-refractivity contribution is 7.89. The molecule has 0 aromatic heterocycles. The molecule has 0 spiro atoms. The number of hydrogen-bond acceptors (Lipinski definition) is 5. The van der Waals surface area contributed by atoms with E-state index in [-0.39, 0.29) is 16.9 Å². The number of carbonyl (C=O) groups excluding carboxylic acids is 1. The minimum absolute atomic E-state index is 0.0771. The van der Waals surface area contributed by atoms with Crippen molar-refractivity contribution in [3.8, 4) is 5.75 Å². The van der Waals surface area contributed by atoms with Gasteiger partial charge < -0.3 is 14.8 Å². The van der Waals surface area contributed by atoms with E-state index in [9.17, 15) is 13.2 Å². The van der Waals surface area contributed by atoms with Gasteiger partial charge in [0.1, 0.15) is 5.75 Å². The average molecular weight is 358 g/mol. The summed E-state index contributed by atoms with van der Waals surface area (Å²) in [6, 6.07) is 5.08. The topological polar surface area (TPSA) is 93.7 Å². The van der Waals surface area contributed by atoms with Crippen molar-refractivity contribution in [1.82, 2.24) is 10.0 Å². The number of ether oxygens (including phenoxy) is 2. The Morgan fingerprint density at radius 2 is 1.79 bits per heavy atom. The number of sulfonamides is 1. The van der Waals surface area contributed by atoms with Crippen molar-refractivity contribution < 1.29 is 22.7 Å². The van der Waals surface area contributed by atoms with E-state index >= 15 is 0 Å². The third kappa shape index (κ3) is 6.86. The van der Waals surface area contributed by atoms with Crippen LogP contribution in [0.5, 0.6) is 5.75 Å². The highest BCUT2D eigenvalue weighted by Gasteiger charge is 2.21. The lowest BCUT2D eigenvalue weighted by Crippen LogP contribution is -2.45. The lowest BCUT2D eigenvalue weighted by Gasteiger charge is -2.15. The third-order valence-corrected chi connectivity index (χ3v) is 4.72. The zero-order valence-electron chi connectivity index (χ0n) is 14.5. The highest BCUT2D eigenvalue weighted by atomic mass is 32.2. The Morgan fingerprint density at radius 1 is 1.17 bits per heavy atom. The minimum atomic E-state index is -3.77. The lowest BCUT2D eigenvalue weighted by molar-refractivity contribution is -0.122. The molecule has 0 heterocycles. The van der Waals surface area contributed by atoms with Gasteiger partial charge in [-0.25, -0.2) is 8.42 Å². The zero-order valence-corrected chi connectivity index (χ0v) is 15.4. The van der Waals surface area contributed by atoms with Crippen molar-refractivity contribution >= 4 is 15.9 Å². The van der Waals surface area contributed by atoms with E-state index < -0.39 is 16.1 Å². The summed E-state index contributed by atoms with van der Waals surface area (Å²) < 4.78 is 37.2. The van der Waals surface area contributed by atoms with E-state index in [0.717, 1.165) is 0 Å². The summed E-state index contributed by atoms with van der Waals surface area (Å²) >= 11 is 0. The van der Waals surface area contributed by atoms with Crippen LogP contribution in [0.2, 0.25) is 0 Å². The van der Waals surface area contributed by atoms with Crippen molar-refractivity contribution in [3.63, 3.8) is 0 Å². The molecule has 1 rings (SSSR count). The molecule has 0 aliphatic heterocycles. The van der Waals surface area contributed by atoms with Crippen molar-refractivity contribution in [2.75, 3.05) is 20.3 Å². The van der Waals surface area contributed by atoms with Crippen LogP contribution < -0.4 is 14.8 Å². The van der Waals surface area contributed by atoms with Crippen molar-refractivity contribution in [2.24, 2.45) is 0 Å². The molecule has 1 atom stereocenters. The Kier molecular flexibility index (Phi) is 8.17. The van der Waals surface area contributed by atoms with Crippen molar-refractivity contribution in [3.05, 3.63) is 24.3 Å². The summed E-state index contributed by atoms with van der Waals surface area (Å²) in [4.78, 5) is 12.0. The second kappa shape index (κ2) is 9.61. The molecule has 7 nitrogen and oxygen atoms in total. The molecule has 0 bridgehead atoms. The molecule has 8 heteroatoms. The number of amides is 1. The Balaban J connectivity index is 2.49. The van der Waals surface area contributed by atoms with E-state index in [0.29, 0.717) is 25.3 Å². The number of benzene rings is 1. The van der Waals surface area contributed by atoms with E-state index in [1.54, 1.807) is 12.1 Å². The predicted molar refractivity (Wildman–Crippen MR) is 91.5 cm³/mol. The van der Waals surface area contributed by atoms with E-state index in [1.165, 1.54) is 26.2 Å². The number of rotatable bonds is 10. The first-order valence-electron chi connectivity index (χ1n) is 7.82. The minimum Gasteiger partial charge on any atom is -0.497 e. The van der Waals surface area contributed by atoms with Crippen molar-refractivity contribution in [1.29, 1.82) is 0 Å². The molecule has 0 aliphatic carbocycles. The number of carbonyl (C=O) groups is 1. The number of methoxy groups -OCH3 is 1. The van der Waals surface area contributed by atoms with E-state index in [2.05, 4.69) is 10.0 Å². The fourth-order valence-electron chi connectivity index (χ4n) is 1.87. The number of hydrogen-bond donors (Lipinski definition) is 2. The molecule has 1 aromatic carbocycles. The Hall–Kier alpha value is -1.64. The monoisotopic (exact) mass is 358 g/mol. The summed E-state index contributed by atoms with van der Waals surface area (Å²) in [5.41, 5.74) is 0. The third-order valence-electron chi connectivity index (χ3n) is 3.17. The van der Waals surface area contributed by atoms with Gasteiger partial charge in [0.25, 0.3) is 0 Å². The summed E-state index contributed by atoms with van der Waals surface area (Å²) in [7, 11) is -2.27. The van der Waals surface area contributed by atoms with Gasteiger partial charge in [0.05, 0.1) is 24.2 Å². The molecule has 2 N–H and O–H groups in total. The molecule has 136 valence electrons. The van der Waals surface area contributed by atoms with Crippen LogP contribution in [0, 0.1) is 0 Å². The quantitative estimate of drug-likeness (QED) is 0.615. The Labute approximate surface area is 143 Å². The van der Waals surface area contributed by atoms with Crippen LogP contribution in [0.3, 0.4) is 0 Å². The molecular weight excluding hydrogens is 332 g/mol. The first kappa shape index (κ1) is 20.4. The summed E-state index contributed by atoms with van der Waals surface area (Å²) in [5.74, 6) is 0.181. The van der Waals surface area contributed by atoms with Crippen LogP contribution in [-0.4, -0.2) is 46.7 Å². The standard InChI is InChI=1S/C16H26N2O5S/c1-12(2)23-11-5-10-17-16(19)13(3)18-24(20,21)15-8-6-14(22-4)7-9-15/h6-9,12-13,18H,5,10-11H2,1-4H3,(H,17,19)/t13-/m0/s1. The second-order valence-electron chi connectivity index (χ2n) is 5.58. The van der Waals surface area contributed by atoms with E-state index in [4.69, 9.17) is 9.47 Å². The molecule has 0 aliphatic rings. The van der Waals surface area contributed by atoms with Crippen molar-refractivity contribution in [2.45, 2.75) is 44.2 Å². The fourth-order valence-corrected chi connectivity index (χ4v) is 3.07. The van der Waals surface area contributed by atoms with Gasteiger partial charge in [-0.1, -0.05) is 0 Å². The lowest BCUT2D eigenvalue weighted by atomic mass is 10.3. The molecule has 0 fully saturated rings. The van der Waals surface area contributed by atoms with Gasteiger partial charge in [0.15, 0.2) is 0 Å². The van der Waals surface area contributed by atoms with Crippen LogP contribution >= 0.6 is 0 Å². The van der Waals surface area contributed by atoms with Crippen LogP contribution in [0.4, 0.5) is 0 Å². The predicted octanol–water partition coefficient (Wildman–Crippen LogP) is 1.29. The van der Waals surface area contributed by atoms with Gasteiger partial charge in [0, 0.05) is 13.2 Å². The maximum atomic E-state index is 12.2. The molecule has 1 amide bonds. The van der Waals surface area contributed by atoms with Gasteiger partial charge in [-0.3, -0.25) is 4.79 Å². The van der Waals surface area contributed by atoms with Gasteiger partial charge in [-0.2, -0.15) is 4.72 Å². The van der Waals surface area contributed by atoms with Crippen LogP contribution in [0.15, 0.2) is 29.2 Å². The first-order valence-corrected chi connectivity index (χ1v) is 9.30.